The molecule has 6 heteroatoms. The van der Waals surface area contributed by atoms with Crippen molar-refractivity contribution in [1.29, 1.82) is 0 Å². The first-order chi connectivity index (χ1) is 11.2. The monoisotopic (exact) mass is 311 g/mol. The van der Waals surface area contributed by atoms with Gasteiger partial charge in [0.25, 0.3) is 0 Å². The van der Waals surface area contributed by atoms with Gasteiger partial charge in [-0.15, -0.1) is 0 Å². The zero-order valence-corrected chi connectivity index (χ0v) is 12.7. The zero-order valence-electron chi connectivity index (χ0n) is 12.7. The lowest BCUT2D eigenvalue weighted by Gasteiger charge is -2.07. The minimum absolute atomic E-state index is 0.214. The molecule has 2 aromatic carbocycles. The molecule has 0 amide bonds. The maximum Gasteiger partial charge on any atom is 0.231 e. The van der Waals surface area contributed by atoms with E-state index in [4.69, 9.17) is 19.7 Å². The summed E-state index contributed by atoms with van der Waals surface area (Å²) >= 11 is 0. The van der Waals surface area contributed by atoms with E-state index in [0.29, 0.717) is 29.6 Å². The average Bonchev–Trinajstić information content (AvgIpc) is 3.03. The van der Waals surface area contributed by atoms with Crippen LogP contribution in [0.25, 0.3) is 0 Å². The lowest BCUT2D eigenvalue weighted by atomic mass is 10.1. The van der Waals surface area contributed by atoms with Gasteiger partial charge in [0, 0.05) is 5.69 Å². The smallest absolute Gasteiger partial charge is 0.231 e. The number of nitrogens with two attached hydrogens (primary N) is 1. The predicted molar refractivity (Wildman–Crippen MR) is 85.3 cm³/mol. The number of hydrogen-bond acceptors (Lipinski definition) is 6. The third kappa shape index (κ3) is 3.79. The fraction of sp³-hybridized carbons (Fsp3) is 0.176. The second-order valence-electron chi connectivity index (χ2n) is 4.96. The fourth-order valence-corrected chi connectivity index (χ4v) is 2.11. The Morgan fingerprint density at radius 1 is 1.04 bits per heavy atom. The number of rotatable bonds is 6. The van der Waals surface area contributed by atoms with Crippen molar-refractivity contribution in [1.82, 2.24) is 10.1 Å². The van der Waals surface area contributed by atoms with E-state index in [1.54, 1.807) is 7.11 Å². The minimum atomic E-state index is 0.214. The Morgan fingerprint density at radius 3 is 2.52 bits per heavy atom. The molecule has 118 valence electrons. The van der Waals surface area contributed by atoms with Crippen molar-refractivity contribution >= 4 is 5.69 Å². The summed E-state index contributed by atoms with van der Waals surface area (Å²) < 4.78 is 16.1. The van der Waals surface area contributed by atoms with Gasteiger partial charge in [0.1, 0.15) is 0 Å². The van der Waals surface area contributed by atoms with Gasteiger partial charge in [-0.1, -0.05) is 29.4 Å². The maximum atomic E-state index is 5.67. The van der Waals surface area contributed by atoms with Crippen LogP contribution in [-0.2, 0) is 13.0 Å². The number of ether oxygens (including phenoxy) is 2. The van der Waals surface area contributed by atoms with Crippen LogP contribution in [0.2, 0.25) is 0 Å². The van der Waals surface area contributed by atoms with Gasteiger partial charge in [0.15, 0.2) is 18.1 Å². The zero-order chi connectivity index (χ0) is 16.1. The molecule has 0 unspecified atom stereocenters. The standard InChI is InChI=1S/C17H17N3O3/c1-21-14-4-2-3-5-15(14)22-11-16-19-17(23-20-16)10-12-6-8-13(18)9-7-12/h2-9H,10-11,18H2,1H3. The van der Waals surface area contributed by atoms with Crippen LogP contribution in [0.15, 0.2) is 53.1 Å². The number of methoxy groups -OCH3 is 1. The van der Waals surface area contributed by atoms with E-state index in [0.717, 1.165) is 11.3 Å². The van der Waals surface area contributed by atoms with E-state index >= 15 is 0 Å². The van der Waals surface area contributed by atoms with Crippen molar-refractivity contribution in [2.75, 3.05) is 12.8 Å². The van der Waals surface area contributed by atoms with Gasteiger partial charge in [-0.05, 0) is 29.8 Å². The fourth-order valence-electron chi connectivity index (χ4n) is 2.11. The molecule has 1 heterocycles. The third-order valence-corrected chi connectivity index (χ3v) is 3.27. The Hall–Kier alpha value is -3.02. The number of nitrogen functional groups attached to an aromatic ring is 1. The van der Waals surface area contributed by atoms with Crippen LogP contribution < -0.4 is 15.2 Å². The van der Waals surface area contributed by atoms with Crippen LogP contribution >= 0.6 is 0 Å². The summed E-state index contributed by atoms with van der Waals surface area (Å²) in [6.45, 7) is 0.214. The van der Waals surface area contributed by atoms with Crippen LogP contribution in [0.1, 0.15) is 17.3 Å². The lowest BCUT2D eigenvalue weighted by molar-refractivity contribution is 0.269. The Kier molecular flexibility index (Phi) is 4.42. The highest BCUT2D eigenvalue weighted by Gasteiger charge is 2.09. The summed E-state index contributed by atoms with van der Waals surface area (Å²) in [5, 5.41) is 3.92. The topological polar surface area (TPSA) is 83.4 Å². The number of benzene rings is 2. The van der Waals surface area contributed by atoms with Gasteiger partial charge in [-0.3, -0.25) is 0 Å². The third-order valence-electron chi connectivity index (χ3n) is 3.27. The Labute approximate surface area is 133 Å². The van der Waals surface area contributed by atoms with Crippen molar-refractivity contribution in [3.8, 4) is 11.5 Å². The molecule has 0 aliphatic heterocycles. The van der Waals surface area contributed by atoms with E-state index in [9.17, 15) is 0 Å². The summed E-state index contributed by atoms with van der Waals surface area (Å²) in [4.78, 5) is 4.32. The summed E-state index contributed by atoms with van der Waals surface area (Å²) in [5.74, 6) is 2.33. The average molecular weight is 311 g/mol. The van der Waals surface area contributed by atoms with Crippen LogP contribution in [0.5, 0.6) is 11.5 Å². The minimum Gasteiger partial charge on any atom is -0.493 e. The molecule has 3 rings (SSSR count). The van der Waals surface area contributed by atoms with Crippen molar-refractivity contribution in [2.45, 2.75) is 13.0 Å². The molecule has 0 spiro atoms. The first kappa shape index (κ1) is 14.9. The first-order valence-electron chi connectivity index (χ1n) is 7.16. The van der Waals surface area contributed by atoms with E-state index in [2.05, 4.69) is 10.1 Å². The highest BCUT2D eigenvalue weighted by atomic mass is 16.5. The number of aromatic nitrogens is 2. The quantitative estimate of drug-likeness (QED) is 0.705. The SMILES string of the molecule is COc1ccccc1OCc1noc(Cc2ccc(N)cc2)n1. The second kappa shape index (κ2) is 6.83. The molecule has 23 heavy (non-hydrogen) atoms. The Morgan fingerprint density at radius 2 is 1.78 bits per heavy atom. The molecular weight excluding hydrogens is 294 g/mol. The summed E-state index contributed by atoms with van der Waals surface area (Å²) in [6.07, 6.45) is 0.557. The molecule has 0 saturated carbocycles. The van der Waals surface area contributed by atoms with E-state index in [-0.39, 0.29) is 6.61 Å². The molecule has 2 N–H and O–H groups in total. The van der Waals surface area contributed by atoms with Crippen molar-refractivity contribution in [3.05, 3.63) is 65.8 Å². The van der Waals surface area contributed by atoms with Gasteiger partial charge in [-0.2, -0.15) is 4.98 Å². The Balaban J connectivity index is 1.62. The number of para-hydroxylation sites is 2. The maximum absolute atomic E-state index is 5.67. The normalized spacial score (nSPS) is 10.5. The van der Waals surface area contributed by atoms with Crippen molar-refractivity contribution in [2.24, 2.45) is 0 Å². The molecule has 1 aromatic heterocycles. The number of hydrogen-bond donors (Lipinski definition) is 1. The molecular formula is C17H17N3O3. The van der Waals surface area contributed by atoms with Crippen LogP contribution in [0.4, 0.5) is 5.69 Å². The van der Waals surface area contributed by atoms with Crippen LogP contribution in [-0.4, -0.2) is 17.3 Å². The molecule has 0 atom stereocenters. The summed E-state index contributed by atoms with van der Waals surface area (Å²) in [6, 6.07) is 15.0. The van der Waals surface area contributed by atoms with Crippen LogP contribution in [0.3, 0.4) is 0 Å². The number of anilines is 1. The van der Waals surface area contributed by atoms with Gasteiger partial charge in [-0.25, -0.2) is 0 Å². The molecule has 0 saturated heterocycles. The molecule has 0 bridgehead atoms. The lowest BCUT2D eigenvalue weighted by Crippen LogP contribution is -1.99. The highest BCUT2D eigenvalue weighted by Crippen LogP contribution is 2.26. The van der Waals surface area contributed by atoms with Gasteiger partial charge in [0.05, 0.1) is 13.5 Å². The van der Waals surface area contributed by atoms with Gasteiger partial charge < -0.3 is 19.7 Å². The van der Waals surface area contributed by atoms with Crippen LogP contribution in [0, 0.1) is 0 Å². The van der Waals surface area contributed by atoms with E-state index in [1.165, 1.54) is 0 Å². The first-order valence-corrected chi connectivity index (χ1v) is 7.16. The summed E-state index contributed by atoms with van der Waals surface area (Å²) in [5.41, 5.74) is 7.45. The van der Waals surface area contributed by atoms with E-state index in [1.807, 2.05) is 48.5 Å². The second-order valence-corrected chi connectivity index (χ2v) is 4.96. The Bertz CT molecular complexity index is 769. The molecule has 0 fully saturated rings. The molecule has 0 aliphatic rings. The molecule has 0 aliphatic carbocycles. The summed E-state index contributed by atoms with van der Waals surface area (Å²) in [7, 11) is 1.60. The van der Waals surface area contributed by atoms with Crippen molar-refractivity contribution in [3.63, 3.8) is 0 Å². The predicted octanol–water partition coefficient (Wildman–Crippen LogP) is 2.83. The van der Waals surface area contributed by atoms with Gasteiger partial charge in [0.2, 0.25) is 11.7 Å². The van der Waals surface area contributed by atoms with E-state index < -0.39 is 0 Å². The molecule has 6 nitrogen and oxygen atoms in total. The highest BCUT2D eigenvalue weighted by molar-refractivity contribution is 5.40. The van der Waals surface area contributed by atoms with Crippen molar-refractivity contribution < 1.29 is 14.0 Å². The van der Waals surface area contributed by atoms with Gasteiger partial charge >= 0.3 is 0 Å². The number of nitrogens with zero attached hydrogens (tertiary/aromatic N) is 2. The largest absolute Gasteiger partial charge is 0.493 e. The molecule has 3 aromatic rings. The molecule has 0 radical (unpaired) electrons.